The summed E-state index contributed by atoms with van der Waals surface area (Å²) in [5, 5.41) is 2.75. The zero-order valence-corrected chi connectivity index (χ0v) is 17.2. The van der Waals surface area contributed by atoms with Gasteiger partial charge in [-0.2, -0.15) is 0 Å². The highest BCUT2D eigenvalue weighted by Gasteiger charge is 2.15. The van der Waals surface area contributed by atoms with E-state index in [-0.39, 0.29) is 22.4 Å². The number of carbonyl (C=O) groups is 1. The van der Waals surface area contributed by atoms with E-state index in [4.69, 9.17) is 4.74 Å². The van der Waals surface area contributed by atoms with E-state index in [0.29, 0.717) is 5.69 Å². The van der Waals surface area contributed by atoms with Crippen LogP contribution in [0.4, 0.5) is 11.5 Å². The maximum absolute atomic E-state index is 12.4. The third-order valence-electron chi connectivity index (χ3n) is 3.78. The third kappa shape index (κ3) is 5.97. The van der Waals surface area contributed by atoms with Gasteiger partial charge in [0.1, 0.15) is 11.6 Å². The van der Waals surface area contributed by atoms with E-state index in [1.165, 1.54) is 30.1 Å². The molecule has 0 aliphatic carbocycles. The lowest BCUT2D eigenvalue weighted by Crippen LogP contribution is -2.15. The highest BCUT2D eigenvalue weighted by atomic mass is 32.2. The van der Waals surface area contributed by atoms with Crippen LogP contribution in [0.2, 0.25) is 0 Å². The van der Waals surface area contributed by atoms with Gasteiger partial charge in [0.05, 0.1) is 17.8 Å². The van der Waals surface area contributed by atoms with Crippen LogP contribution in [0, 0.1) is 0 Å². The standard InChI is InChI=1S/C20H19N3O4S2/c1-27-16-7-9-17(10-8-16)28-14-20(24)22-15-5-11-18(12-6-15)29(25,26)23-19-4-2-3-13-21-19/h2-13H,14H2,1H3,(H,21,23)(H,22,24). The minimum Gasteiger partial charge on any atom is -0.497 e. The summed E-state index contributed by atoms with van der Waals surface area (Å²) < 4.78 is 32.3. The van der Waals surface area contributed by atoms with Crippen LogP contribution in [0.5, 0.6) is 5.75 Å². The minimum atomic E-state index is -3.75. The molecule has 0 saturated heterocycles. The van der Waals surface area contributed by atoms with E-state index in [1.807, 2.05) is 24.3 Å². The van der Waals surface area contributed by atoms with Crippen molar-refractivity contribution in [1.29, 1.82) is 0 Å². The van der Waals surface area contributed by atoms with Crippen LogP contribution in [-0.2, 0) is 14.8 Å². The van der Waals surface area contributed by atoms with Gasteiger partial charge in [0.25, 0.3) is 10.0 Å². The molecule has 0 radical (unpaired) electrons. The summed E-state index contributed by atoms with van der Waals surface area (Å²) >= 11 is 1.40. The molecule has 1 heterocycles. The summed E-state index contributed by atoms with van der Waals surface area (Å²) in [7, 11) is -2.15. The summed E-state index contributed by atoms with van der Waals surface area (Å²) in [6.07, 6.45) is 1.50. The second-order valence-corrected chi connectivity index (χ2v) is 8.59. The van der Waals surface area contributed by atoms with Crippen molar-refractivity contribution < 1.29 is 17.9 Å². The van der Waals surface area contributed by atoms with Crippen molar-refractivity contribution in [2.24, 2.45) is 0 Å². The highest BCUT2D eigenvalue weighted by Crippen LogP contribution is 2.22. The Kier molecular flexibility index (Phi) is 6.73. The zero-order valence-electron chi connectivity index (χ0n) is 15.5. The molecule has 0 bridgehead atoms. The predicted molar refractivity (Wildman–Crippen MR) is 114 cm³/mol. The number of sulfonamides is 1. The molecule has 3 rings (SSSR count). The number of pyridine rings is 1. The first-order valence-corrected chi connectivity index (χ1v) is 11.0. The normalized spacial score (nSPS) is 10.9. The number of benzene rings is 2. The number of methoxy groups -OCH3 is 1. The van der Waals surface area contributed by atoms with Crippen LogP contribution >= 0.6 is 11.8 Å². The third-order valence-corrected chi connectivity index (χ3v) is 6.16. The summed E-state index contributed by atoms with van der Waals surface area (Å²) in [5.74, 6) is 1.04. The predicted octanol–water partition coefficient (Wildman–Crippen LogP) is 3.62. The highest BCUT2D eigenvalue weighted by molar-refractivity contribution is 8.00. The van der Waals surface area contributed by atoms with Gasteiger partial charge in [-0.15, -0.1) is 11.8 Å². The van der Waals surface area contributed by atoms with Crippen molar-refractivity contribution in [2.75, 3.05) is 22.9 Å². The molecule has 0 unspecified atom stereocenters. The van der Waals surface area contributed by atoms with Crippen LogP contribution in [0.1, 0.15) is 0 Å². The summed E-state index contributed by atoms with van der Waals surface area (Å²) in [6, 6.07) is 18.3. The summed E-state index contributed by atoms with van der Waals surface area (Å²) in [4.78, 5) is 17.1. The lowest BCUT2D eigenvalue weighted by molar-refractivity contribution is -0.113. The van der Waals surface area contributed by atoms with Crippen molar-refractivity contribution in [1.82, 2.24) is 4.98 Å². The van der Waals surface area contributed by atoms with Crippen molar-refractivity contribution in [2.45, 2.75) is 9.79 Å². The van der Waals surface area contributed by atoms with Gasteiger partial charge in [0.2, 0.25) is 5.91 Å². The first-order chi connectivity index (χ1) is 14.0. The molecule has 3 aromatic rings. The van der Waals surface area contributed by atoms with Gasteiger partial charge in [0.15, 0.2) is 0 Å². The molecule has 2 N–H and O–H groups in total. The van der Waals surface area contributed by atoms with E-state index in [2.05, 4.69) is 15.0 Å². The van der Waals surface area contributed by atoms with Crippen LogP contribution in [0.15, 0.2) is 82.7 Å². The Morgan fingerprint density at radius 1 is 1.03 bits per heavy atom. The molecular formula is C20H19N3O4S2. The number of thioether (sulfide) groups is 1. The quantitative estimate of drug-likeness (QED) is 0.531. The van der Waals surface area contributed by atoms with E-state index >= 15 is 0 Å². The number of amides is 1. The molecule has 7 nitrogen and oxygen atoms in total. The fourth-order valence-electron chi connectivity index (χ4n) is 2.36. The number of rotatable bonds is 8. The molecule has 0 saturated carbocycles. The maximum atomic E-state index is 12.4. The molecule has 1 aromatic heterocycles. The topological polar surface area (TPSA) is 97.4 Å². The van der Waals surface area contributed by atoms with Crippen LogP contribution in [0.3, 0.4) is 0 Å². The van der Waals surface area contributed by atoms with Gasteiger partial charge in [0, 0.05) is 16.8 Å². The Bertz CT molecular complexity index is 1060. The van der Waals surface area contributed by atoms with E-state index in [1.54, 1.807) is 37.4 Å². The lowest BCUT2D eigenvalue weighted by Gasteiger charge is -2.09. The first kappa shape index (κ1) is 20.7. The molecule has 150 valence electrons. The minimum absolute atomic E-state index is 0.0776. The molecule has 1 amide bonds. The van der Waals surface area contributed by atoms with Crippen molar-refractivity contribution in [3.63, 3.8) is 0 Å². The second-order valence-electron chi connectivity index (χ2n) is 5.86. The second kappa shape index (κ2) is 9.44. The molecule has 29 heavy (non-hydrogen) atoms. The van der Waals surface area contributed by atoms with Gasteiger partial charge in [-0.05, 0) is 60.7 Å². The van der Waals surface area contributed by atoms with Crippen molar-refractivity contribution in [3.8, 4) is 5.75 Å². The van der Waals surface area contributed by atoms with Crippen LogP contribution in [0.25, 0.3) is 0 Å². The Hall–Kier alpha value is -3.04. The molecule has 0 spiro atoms. The fourth-order valence-corrected chi connectivity index (χ4v) is 4.06. The van der Waals surface area contributed by atoms with E-state index < -0.39 is 10.0 Å². The number of ether oxygens (including phenoxy) is 1. The Balaban J connectivity index is 1.56. The summed E-state index contributed by atoms with van der Waals surface area (Å²) in [5.41, 5.74) is 0.516. The molecular weight excluding hydrogens is 410 g/mol. The zero-order chi connectivity index (χ0) is 20.7. The molecule has 0 atom stereocenters. The van der Waals surface area contributed by atoms with Crippen LogP contribution in [-0.4, -0.2) is 32.2 Å². The SMILES string of the molecule is COc1ccc(SCC(=O)Nc2ccc(S(=O)(=O)Nc3ccccn3)cc2)cc1. The fraction of sp³-hybridized carbons (Fsp3) is 0.100. The molecule has 2 aromatic carbocycles. The van der Waals surface area contributed by atoms with Crippen molar-refractivity contribution >= 4 is 39.2 Å². The van der Waals surface area contributed by atoms with E-state index in [0.717, 1.165) is 10.6 Å². The average Bonchev–Trinajstić information content (AvgIpc) is 2.73. The largest absolute Gasteiger partial charge is 0.497 e. The number of nitrogens with zero attached hydrogens (tertiary/aromatic N) is 1. The number of anilines is 2. The number of nitrogens with one attached hydrogen (secondary N) is 2. The smallest absolute Gasteiger partial charge is 0.263 e. The Morgan fingerprint density at radius 2 is 1.76 bits per heavy atom. The van der Waals surface area contributed by atoms with Crippen LogP contribution < -0.4 is 14.8 Å². The molecule has 0 aliphatic heterocycles. The van der Waals surface area contributed by atoms with Gasteiger partial charge in [-0.25, -0.2) is 13.4 Å². The van der Waals surface area contributed by atoms with Gasteiger partial charge in [-0.3, -0.25) is 9.52 Å². The van der Waals surface area contributed by atoms with Gasteiger partial charge < -0.3 is 10.1 Å². The first-order valence-electron chi connectivity index (χ1n) is 8.57. The number of carbonyl (C=O) groups excluding carboxylic acids is 1. The van der Waals surface area contributed by atoms with Gasteiger partial charge >= 0.3 is 0 Å². The number of aromatic nitrogens is 1. The molecule has 0 aliphatic rings. The number of hydrogen-bond donors (Lipinski definition) is 2. The van der Waals surface area contributed by atoms with Crippen molar-refractivity contribution in [3.05, 3.63) is 72.9 Å². The monoisotopic (exact) mass is 429 g/mol. The Morgan fingerprint density at radius 3 is 2.38 bits per heavy atom. The lowest BCUT2D eigenvalue weighted by atomic mass is 10.3. The molecule has 9 heteroatoms. The van der Waals surface area contributed by atoms with E-state index in [9.17, 15) is 13.2 Å². The van der Waals surface area contributed by atoms with Gasteiger partial charge in [-0.1, -0.05) is 6.07 Å². The molecule has 0 fully saturated rings. The summed E-state index contributed by atoms with van der Waals surface area (Å²) in [6.45, 7) is 0. The number of hydrogen-bond acceptors (Lipinski definition) is 6. The maximum Gasteiger partial charge on any atom is 0.263 e. The average molecular weight is 430 g/mol. The Labute approximate surface area is 173 Å².